The SMILES string of the molecule is NC1(C(=O)O)CCN(C(=O)Cc2ccc(Cl)c(Cl)c2)C1. The summed E-state index contributed by atoms with van der Waals surface area (Å²) in [6.45, 7) is 0.380. The average molecular weight is 317 g/mol. The lowest BCUT2D eigenvalue weighted by Gasteiger charge is -2.20. The van der Waals surface area contributed by atoms with Crippen molar-refractivity contribution >= 4 is 35.1 Å². The maximum atomic E-state index is 12.1. The van der Waals surface area contributed by atoms with Crippen molar-refractivity contribution in [2.24, 2.45) is 5.73 Å². The quantitative estimate of drug-likeness (QED) is 0.886. The monoisotopic (exact) mass is 316 g/mol. The topological polar surface area (TPSA) is 83.6 Å². The molecule has 0 spiro atoms. The van der Waals surface area contributed by atoms with E-state index in [0.29, 0.717) is 16.6 Å². The molecule has 3 N–H and O–H groups in total. The second-order valence-corrected chi connectivity index (χ2v) is 5.77. The van der Waals surface area contributed by atoms with Crippen molar-refractivity contribution in [3.63, 3.8) is 0 Å². The number of likely N-dealkylation sites (tertiary alicyclic amines) is 1. The Labute approximate surface area is 126 Å². The van der Waals surface area contributed by atoms with Crippen molar-refractivity contribution in [2.45, 2.75) is 18.4 Å². The van der Waals surface area contributed by atoms with Gasteiger partial charge >= 0.3 is 5.97 Å². The van der Waals surface area contributed by atoms with Gasteiger partial charge in [0.1, 0.15) is 5.54 Å². The number of carbonyl (C=O) groups is 2. The van der Waals surface area contributed by atoms with Crippen molar-refractivity contribution < 1.29 is 14.7 Å². The maximum absolute atomic E-state index is 12.1. The van der Waals surface area contributed by atoms with Crippen LogP contribution in [0.1, 0.15) is 12.0 Å². The van der Waals surface area contributed by atoms with Crippen LogP contribution in [0.4, 0.5) is 0 Å². The first kappa shape index (κ1) is 15.1. The number of carbonyl (C=O) groups excluding carboxylic acids is 1. The first-order valence-electron chi connectivity index (χ1n) is 6.06. The molecule has 0 bridgehead atoms. The molecule has 0 saturated carbocycles. The van der Waals surface area contributed by atoms with Gasteiger partial charge in [0.05, 0.1) is 16.5 Å². The number of nitrogens with zero attached hydrogens (tertiary/aromatic N) is 1. The maximum Gasteiger partial charge on any atom is 0.325 e. The summed E-state index contributed by atoms with van der Waals surface area (Å²) in [5, 5.41) is 9.85. The Bertz CT molecular complexity index is 565. The zero-order chi connectivity index (χ0) is 14.9. The zero-order valence-corrected chi connectivity index (χ0v) is 12.1. The molecule has 1 saturated heterocycles. The van der Waals surface area contributed by atoms with E-state index in [4.69, 9.17) is 34.0 Å². The number of nitrogens with two attached hydrogens (primary N) is 1. The van der Waals surface area contributed by atoms with Crippen LogP contribution in [0.25, 0.3) is 0 Å². The molecule has 1 aromatic rings. The molecule has 1 fully saturated rings. The minimum atomic E-state index is -1.34. The van der Waals surface area contributed by atoms with Crippen LogP contribution < -0.4 is 5.73 Å². The number of hydrogen-bond donors (Lipinski definition) is 2. The van der Waals surface area contributed by atoms with Gasteiger partial charge in [0.25, 0.3) is 0 Å². The van der Waals surface area contributed by atoms with Gasteiger partial charge in [0.15, 0.2) is 0 Å². The van der Waals surface area contributed by atoms with Gasteiger partial charge in [-0.3, -0.25) is 9.59 Å². The Morgan fingerprint density at radius 2 is 2.05 bits per heavy atom. The van der Waals surface area contributed by atoms with E-state index < -0.39 is 11.5 Å². The van der Waals surface area contributed by atoms with Gasteiger partial charge in [-0.1, -0.05) is 29.3 Å². The highest BCUT2D eigenvalue weighted by Crippen LogP contribution is 2.24. The van der Waals surface area contributed by atoms with E-state index in [9.17, 15) is 9.59 Å². The van der Waals surface area contributed by atoms with Gasteiger partial charge in [-0.2, -0.15) is 0 Å². The van der Waals surface area contributed by atoms with Crippen LogP contribution in [0.5, 0.6) is 0 Å². The Morgan fingerprint density at radius 1 is 1.35 bits per heavy atom. The second kappa shape index (κ2) is 5.60. The number of aliphatic carboxylic acids is 1. The summed E-state index contributed by atoms with van der Waals surface area (Å²) in [4.78, 5) is 24.6. The fraction of sp³-hybridized carbons (Fsp3) is 0.385. The number of carboxylic acids is 1. The van der Waals surface area contributed by atoms with Crippen LogP contribution in [0.2, 0.25) is 10.0 Å². The number of hydrogen-bond acceptors (Lipinski definition) is 3. The molecule has 1 heterocycles. The van der Waals surface area contributed by atoms with Gasteiger partial charge in [-0.05, 0) is 24.1 Å². The lowest BCUT2D eigenvalue weighted by molar-refractivity contribution is -0.143. The summed E-state index contributed by atoms with van der Waals surface area (Å²) < 4.78 is 0. The summed E-state index contributed by atoms with van der Waals surface area (Å²) in [5.41, 5.74) is 5.13. The summed E-state index contributed by atoms with van der Waals surface area (Å²) in [5.74, 6) is -1.25. The molecule has 1 unspecified atom stereocenters. The van der Waals surface area contributed by atoms with E-state index >= 15 is 0 Å². The largest absolute Gasteiger partial charge is 0.480 e. The molecule has 5 nitrogen and oxygen atoms in total. The van der Waals surface area contributed by atoms with E-state index in [-0.39, 0.29) is 25.3 Å². The number of benzene rings is 1. The molecule has 108 valence electrons. The molecule has 1 amide bonds. The molecule has 1 aromatic carbocycles. The van der Waals surface area contributed by atoms with Crippen molar-refractivity contribution in [1.82, 2.24) is 4.90 Å². The highest BCUT2D eigenvalue weighted by atomic mass is 35.5. The molecule has 0 radical (unpaired) electrons. The van der Waals surface area contributed by atoms with E-state index in [1.807, 2.05) is 0 Å². The van der Waals surface area contributed by atoms with Gasteiger partial charge in [-0.25, -0.2) is 0 Å². The molecule has 1 atom stereocenters. The minimum absolute atomic E-state index is 0.0302. The number of amides is 1. The number of carboxylic acid groups (broad SMARTS) is 1. The lowest BCUT2D eigenvalue weighted by Crippen LogP contribution is -2.50. The number of halogens is 2. The van der Waals surface area contributed by atoms with Crippen molar-refractivity contribution in [1.29, 1.82) is 0 Å². The zero-order valence-electron chi connectivity index (χ0n) is 10.6. The Morgan fingerprint density at radius 3 is 2.60 bits per heavy atom. The van der Waals surface area contributed by atoms with Crippen LogP contribution in [0.15, 0.2) is 18.2 Å². The summed E-state index contributed by atoms with van der Waals surface area (Å²) in [6, 6.07) is 4.97. The molecular formula is C13H14Cl2N2O3. The van der Waals surface area contributed by atoms with E-state index in [1.54, 1.807) is 18.2 Å². The molecule has 7 heteroatoms. The predicted molar refractivity (Wildman–Crippen MR) is 75.9 cm³/mol. The van der Waals surface area contributed by atoms with Crippen molar-refractivity contribution in [3.8, 4) is 0 Å². The minimum Gasteiger partial charge on any atom is -0.480 e. The molecule has 20 heavy (non-hydrogen) atoms. The standard InChI is InChI=1S/C13H14Cl2N2O3/c14-9-2-1-8(5-10(9)15)6-11(18)17-4-3-13(16,7-17)12(19)20/h1-2,5H,3-4,6-7,16H2,(H,19,20). The first-order chi connectivity index (χ1) is 9.32. The van der Waals surface area contributed by atoms with Crippen LogP contribution >= 0.6 is 23.2 Å². The smallest absolute Gasteiger partial charge is 0.325 e. The molecular weight excluding hydrogens is 303 g/mol. The fourth-order valence-corrected chi connectivity index (χ4v) is 2.48. The van der Waals surface area contributed by atoms with E-state index in [1.165, 1.54) is 4.90 Å². The van der Waals surface area contributed by atoms with E-state index in [2.05, 4.69) is 0 Å². The highest BCUT2D eigenvalue weighted by Gasteiger charge is 2.42. The third kappa shape index (κ3) is 3.06. The Balaban J connectivity index is 2.03. The molecule has 1 aliphatic rings. The van der Waals surface area contributed by atoms with E-state index in [0.717, 1.165) is 5.56 Å². The Hall–Kier alpha value is -1.30. The van der Waals surface area contributed by atoms with Gasteiger partial charge in [0.2, 0.25) is 5.91 Å². The predicted octanol–water partition coefficient (Wildman–Crippen LogP) is 1.55. The van der Waals surface area contributed by atoms with Crippen molar-refractivity contribution in [3.05, 3.63) is 33.8 Å². The Kier molecular flexibility index (Phi) is 4.22. The third-order valence-corrected chi connectivity index (χ3v) is 4.16. The van der Waals surface area contributed by atoms with Gasteiger partial charge in [0, 0.05) is 13.1 Å². The summed E-state index contributed by atoms with van der Waals surface area (Å²) in [6.07, 6.45) is 0.405. The average Bonchev–Trinajstić information content (AvgIpc) is 2.78. The highest BCUT2D eigenvalue weighted by molar-refractivity contribution is 6.42. The molecule has 2 rings (SSSR count). The second-order valence-electron chi connectivity index (χ2n) is 4.95. The normalized spacial score (nSPS) is 22.1. The van der Waals surface area contributed by atoms with Gasteiger partial charge < -0.3 is 15.7 Å². The van der Waals surface area contributed by atoms with Crippen molar-refractivity contribution in [2.75, 3.05) is 13.1 Å². The van der Waals surface area contributed by atoms with Crippen LogP contribution in [0, 0.1) is 0 Å². The van der Waals surface area contributed by atoms with Gasteiger partial charge in [-0.15, -0.1) is 0 Å². The molecule has 0 aliphatic carbocycles. The number of rotatable bonds is 3. The fourth-order valence-electron chi connectivity index (χ4n) is 2.16. The van der Waals surface area contributed by atoms with Crippen LogP contribution in [-0.2, 0) is 16.0 Å². The van der Waals surface area contributed by atoms with Crippen LogP contribution in [-0.4, -0.2) is 40.5 Å². The summed E-state index contributed by atoms with van der Waals surface area (Å²) in [7, 11) is 0. The third-order valence-electron chi connectivity index (χ3n) is 3.42. The lowest BCUT2D eigenvalue weighted by atomic mass is 10.0. The summed E-state index contributed by atoms with van der Waals surface area (Å²) >= 11 is 11.7. The molecule has 1 aliphatic heterocycles. The molecule has 0 aromatic heterocycles. The first-order valence-corrected chi connectivity index (χ1v) is 6.81. The van der Waals surface area contributed by atoms with Crippen LogP contribution in [0.3, 0.4) is 0 Å².